The van der Waals surface area contributed by atoms with Crippen LogP contribution >= 0.6 is 15.9 Å². The van der Waals surface area contributed by atoms with Crippen LogP contribution < -0.4 is 4.72 Å². The number of nitrogens with zero attached hydrogens (tertiary/aromatic N) is 2. The van der Waals surface area contributed by atoms with Gasteiger partial charge in [-0.25, -0.2) is 13.1 Å². The van der Waals surface area contributed by atoms with Crippen LogP contribution in [0, 0.1) is 13.8 Å². The Bertz CT molecular complexity index is 1120. The molecule has 0 aliphatic rings. The molecule has 3 aromatic rings. The highest BCUT2D eigenvalue weighted by atomic mass is 79.9. The fourth-order valence-corrected chi connectivity index (χ4v) is 3.48. The number of nitrogens with one attached hydrogen (secondary N) is 2. The Labute approximate surface area is 164 Å². The zero-order valence-corrected chi connectivity index (χ0v) is 17.2. The lowest BCUT2D eigenvalue weighted by Gasteiger charge is -2.03. The van der Waals surface area contributed by atoms with Crippen LogP contribution in [0.2, 0.25) is 0 Å². The molecule has 0 fully saturated rings. The van der Waals surface area contributed by atoms with Crippen molar-refractivity contribution in [3.8, 4) is 11.6 Å². The molecule has 0 aliphatic carbocycles. The predicted molar refractivity (Wildman–Crippen MR) is 103 cm³/mol. The van der Waals surface area contributed by atoms with Crippen LogP contribution in [0.25, 0.3) is 11.6 Å². The third kappa shape index (κ3) is 4.34. The van der Waals surface area contributed by atoms with Gasteiger partial charge in [0.25, 0.3) is 5.89 Å². The summed E-state index contributed by atoms with van der Waals surface area (Å²) >= 11 is 3.37. The van der Waals surface area contributed by atoms with Gasteiger partial charge in [0.15, 0.2) is 5.78 Å². The largest absolute Gasteiger partial charge is 0.418 e. The molecule has 0 amide bonds. The Morgan fingerprint density at radius 3 is 2.70 bits per heavy atom. The number of aromatic amines is 1. The summed E-state index contributed by atoms with van der Waals surface area (Å²) < 4.78 is 31.0. The zero-order valence-electron chi connectivity index (χ0n) is 14.8. The van der Waals surface area contributed by atoms with Gasteiger partial charge in [0.2, 0.25) is 15.9 Å². The molecule has 0 aliphatic heterocycles. The third-order valence-electron chi connectivity index (χ3n) is 3.92. The fourth-order valence-electron chi connectivity index (χ4n) is 2.70. The molecule has 0 radical (unpaired) electrons. The highest BCUT2D eigenvalue weighted by Crippen LogP contribution is 2.29. The van der Waals surface area contributed by atoms with E-state index in [9.17, 15) is 13.2 Å². The zero-order chi connectivity index (χ0) is 19.8. The summed E-state index contributed by atoms with van der Waals surface area (Å²) in [6, 6.07) is 7.16. The van der Waals surface area contributed by atoms with Crippen LogP contribution in [0.3, 0.4) is 0 Å². The van der Waals surface area contributed by atoms with Gasteiger partial charge in [-0.1, -0.05) is 28.1 Å². The van der Waals surface area contributed by atoms with E-state index in [4.69, 9.17) is 4.42 Å². The first-order chi connectivity index (χ1) is 12.7. The van der Waals surface area contributed by atoms with Crippen LogP contribution in [0.5, 0.6) is 0 Å². The first-order valence-electron chi connectivity index (χ1n) is 7.92. The lowest BCUT2D eigenvalue weighted by atomic mass is 10.00. The molecule has 0 bridgehead atoms. The van der Waals surface area contributed by atoms with E-state index in [1.165, 1.54) is 0 Å². The van der Waals surface area contributed by atoms with Gasteiger partial charge in [0.1, 0.15) is 5.69 Å². The van der Waals surface area contributed by atoms with Gasteiger partial charge in [0, 0.05) is 21.3 Å². The molecule has 2 N–H and O–H groups in total. The van der Waals surface area contributed by atoms with Crippen molar-refractivity contribution in [3.05, 3.63) is 57.0 Å². The fraction of sp³-hybridized carbons (Fsp3) is 0.235. The molecule has 0 spiro atoms. The van der Waals surface area contributed by atoms with Crippen LogP contribution in [0.15, 0.2) is 33.2 Å². The molecule has 0 unspecified atom stereocenters. The molecule has 2 aromatic heterocycles. The van der Waals surface area contributed by atoms with Crippen LogP contribution in [0.4, 0.5) is 0 Å². The summed E-state index contributed by atoms with van der Waals surface area (Å²) in [6.07, 6.45) is 1.04. The molecule has 0 saturated carbocycles. The number of H-pyrrole nitrogens is 1. The monoisotopic (exact) mass is 452 g/mol. The van der Waals surface area contributed by atoms with Crippen molar-refractivity contribution in [2.75, 3.05) is 6.26 Å². The van der Waals surface area contributed by atoms with Crippen molar-refractivity contribution in [1.29, 1.82) is 0 Å². The molecule has 0 saturated heterocycles. The van der Waals surface area contributed by atoms with Gasteiger partial charge in [-0.3, -0.25) is 4.79 Å². The molecule has 10 heteroatoms. The number of carbonyl (C=O) groups excluding carboxylic acids is 1. The summed E-state index contributed by atoms with van der Waals surface area (Å²) in [5.74, 6) is 0.198. The molecule has 0 atom stereocenters. The predicted octanol–water partition coefficient (Wildman–Crippen LogP) is 2.72. The molecule has 8 nitrogen and oxygen atoms in total. The van der Waals surface area contributed by atoms with Gasteiger partial charge in [0.05, 0.1) is 12.8 Å². The Morgan fingerprint density at radius 2 is 2.04 bits per heavy atom. The van der Waals surface area contributed by atoms with E-state index in [2.05, 4.69) is 35.8 Å². The average Bonchev–Trinajstić information content (AvgIpc) is 3.16. The Kier molecular flexibility index (Phi) is 5.31. The molecule has 27 heavy (non-hydrogen) atoms. The molecular formula is C17H17BrN4O4S. The number of ketones is 1. The first-order valence-corrected chi connectivity index (χ1v) is 10.6. The summed E-state index contributed by atoms with van der Waals surface area (Å²) in [4.78, 5) is 16.0. The quantitative estimate of drug-likeness (QED) is 0.555. The summed E-state index contributed by atoms with van der Waals surface area (Å²) in [6.45, 7) is 3.49. The average molecular weight is 453 g/mol. The van der Waals surface area contributed by atoms with Crippen LogP contribution in [0.1, 0.15) is 33.1 Å². The summed E-state index contributed by atoms with van der Waals surface area (Å²) in [5, 5.41) is 7.78. The second kappa shape index (κ2) is 7.37. The van der Waals surface area contributed by atoms with Crippen molar-refractivity contribution in [2.45, 2.75) is 20.4 Å². The van der Waals surface area contributed by atoms with Crippen molar-refractivity contribution < 1.29 is 17.6 Å². The van der Waals surface area contributed by atoms with Crippen molar-refractivity contribution in [2.24, 2.45) is 0 Å². The maximum absolute atomic E-state index is 12.9. The number of sulfonamides is 1. The topological polar surface area (TPSA) is 118 Å². The van der Waals surface area contributed by atoms with Crippen molar-refractivity contribution in [3.63, 3.8) is 0 Å². The molecule has 2 heterocycles. The standard InChI is InChI=1S/C17H17BrN4O4S/c1-9-14(16(23)11-5-4-6-12(18)7-11)10(2)20-15(9)17-22-21-13(26-17)8-19-27(3,24)25/h4-7,19-20H,8H2,1-3H3. The van der Waals surface area contributed by atoms with E-state index in [1.54, 1.807) is 32.0 Å². The Balaban J connectivity index is 1.92. The molecule has 3 rings (SSSR count). The van der Waals surface area contributed by atoms with E-state index in [-0.39, 0.29) is 24.1 Å². The lowest BCUT2D eigenvalue weighted by molar-refractivity contribution is 0.103. The van der Waals surface area contributed by atoms with E-state index in [0.717, 1.165) is 10.7 Å². The van der Waals surface area contributed by atoms with Gasteiger partial charge >= 0.3 is 0 Å². The van der Waals surface area contributed by atoms with E-state index in [0.29, 0.717) is 28.1 Å². The smallest absolute Gasteiger partial charge is 0.264 e. The molecular weight excluding hydrogens is 436 g/mol. The number of aryl methyl sites for hydroxylation is 1. The summed E-state index contributed by atoms with van der Waals surface area (Å²) in [5.41, 5.74) is 3.00. The Morgan fingerprint density at radius 1 is 1.30 bits per heavy atom. The maximum atomic E-state index is 12.9. The second-order valence-corrected chi connectivity index (χ2v) is 8.81. The number of hydrogen-bond donors (Lipinski definition) is 2. The van der Waals surface area contributed by atoms with Gasteiger partial charge < -0.3 is 9.40 Å². The highest BCUT2D eigenvalue weighted by molar-refractivity contribution is 9.10. The number of carbonyl (C=O) groups is 1. The minimum atomic E-state index is -3.37. The minimum absolute atomic E-state index is 0.103. The minimum Gasteiger partial charge on any atom is -0.418 e. The summed E-state index contributed by atoms with van der Waals surface area (Å²) in [7, 11) is -3.37. The number of rotatable bonds is 6. The highest BCUT2D eigenvalue weighted by Gasteiger charge is 2.23. The van der Waals surface area contributed by atoms with E-state index >= 15 is 0 Å². The van der Waals surface area contributed by atoms with E-state index < -0.39 is 10.0 Å². The number of hydrogen-bond acceptors (Lipinski definition) is 6. The van der Waals surface area contributed by atoms with Gasteiger partial charge in [-0.05, 0) is 31.5 Å². The number of halogens is 1. The van der Waals surface area contributed by atoms with Crippen LogP contribution in [-0.2, 0) is 16.6 Å². The lowest BCUT2D eigenvalue weighted by Crippen LogP contribution is -2.21. The third-order valence-corrected chi connectivity index (χ3v) is 5.08. The second-order valence-electron chi connectivity index (χ2n) is 6.06. The van der Waals surface area contributed by atoms with Gasteiger partial charge in [-0.2, -0.15) is 0 Å². The van der Waals surface area contributed by atoms with Crippen LogP contribution in [-0.4, -0.2) is 35.6 Å². The van der Waals surface area contributed by atoms with Crippen molar-refractivity contribution in [1.82, 2.24) is 19.9 Å². The first kappa shape index (κ1) is 19.5. The molecule has 1 aromatic carbocycles. The number of aromatic nitrogens is 3. The normalized spacial score (nSPS) is 11.7. The SMILES string of the molecule is Cc1[nH]c(-c2nnc(CNS(C)(=O)=O)o2)c(C)c1C(=O)c1cccc(Br)c1. The molecule has 142 valence electrons. The van der Waals surface area contributed by atoms with E-state index in [1.807, 2.05) is 6.07 Å². The number of benzene rings is 1. The van der Waals surface area contributed by atoms with Gasteiger partial charge in [-0.15, -0.1) is 10.2 Å². The Hall–Kier alpha value is -2.30. The van der Waals surface area contributed by atoms with Crippen molar-refractivity contribution >= 4 is 31.7 Å². The maximum Gasteiger partial charge on any atom is 0.264 e.